The average Bonchev–Trinajstić information content (AvgIpc) is 3.35. The molecule has 1 aliphatic heterocycles. The number of amides is 1. The summed E-state index contributed by atoms with van der Waals surface area (Å²) in [5, 5.41) is 3.44. The van der Waals surface area contributed by atoms with Crippen molar-refractivity contribution >= 4 is 11.7 Å². The third kappa shape index (κ3) is 4.14. The molecule has 7 heteroatoms. The molecule has 3 heterocycles. The van der Waals surface area contributed by atoms with E-state index in [4.69, 9.17) is 0 Å². The normalized spacial score (nSPS) is 16.7. The molecule has 27 heavy (non-hydrogen) atoms. The van der Waals surface area contributed by atoms with Crippen LogP contribution in [0, 0.1) is 5.82 Å². The van der Waals surface area contributed by atoms with Gasteiger partial charge < -0.3 is 10.2 Å². The average molecular weight is 367 g/mol. The van der Waals surface area contributed by atoms with Gasteiger partial charge in [0.25, 0.3) is 5.91 Å². The van der Waals surface area contributed by atoms with Crippen LogP contribution in [0.2, 0.25) is 0 Å². The second kappa shape index (κ2) is 7.84. The highest BCUT2D eigenvalue weighted by Crippen LogP contribution is 2.13. The van der Waals surface area contributed by atoms with Gasteiger partial charge in [-0.15, -0.1) is 0 Å². The highest BCUT2D eigenvalue weighted by atomic mass is 19.1. The van der Waals surface area contributed by atoms with E-state index in [0.717, 1.165) is 24.9 Å². The molecule has 1 saturated heterocycles. The van der Waals surface area contributed by atoms with Crippen LogP contribution in [0.15, 0.2) is 48.9 Å². The number of nitrogens with zero attached hydrogens (tertiary/aromatic N) is 4. The summed E-state index contributed by atoms with van der Waals surface area (Å²) in [6.07, 6.45) is 8.07. The molecular formula is C20H22FN5O. The zero-order valence-electron chi connectivity index (χ0n) is 15.0. The number of hydrogen-bond donors (Lipinski definition) is 1. The monoisotopic (exact) mass is 367 g/mol. The molecule has 1 aliphatic rings. The fraction of sp³-hybridized carbons (Fsp3) is 0.350. The summed E-state index contributed by atoms with van der Waals surface area (Å²) in [7, 11) is 0. The number of halogens is 1. The molecule has 140 valence electrons. The lowest BCUT2D eigenvalue weighted by Crippen LogP contribution is -2.42. The lowest BCUT2D eigenvalue weighted by atomic mass is 10.1. The number of aromatic nitrogens is 3. The van der Waals surface area contributed by atoms with E-state index in [1.165, 1.54) is 12.1 Å². The zero-order valence-corrected chi connectivity index (χ0v) is 15.0. The molecule has 0 spiro atoms. The number of carbonyl (C=O) groups excluding carboxylic acids is 1. The summed E-state index contributed by atoms with van der Waals surface area (Å²) in [4.78, 5) is 23.5. The van der Waals surface area contributed by atoms with Crippen molar-refractivity contribution in [3.8, 4) is 0 Å². The van der Waals surface area contributed by atoms with Crippen molar-refractivity contribution in [2.45, 2.75) is 25.3 Å². The van der Waals surface area contributed by atoms with Gasteiger partial charge in [-0.25, -0.2) is 14.4 Å². The van der Waals surface area contributed by atoms with Gasteiger partial charge in [-0.05, 0) is 49.6 Å². The van der Waals surface area contributed by atoms with Gasteiger partial charge in [0, 0.05) is 37.7 Å². The Morgan fingerprint density at radius 3 is 2.93 bits per heavy atom. The quantitative estimate of drug-likeness (QED) is 0.726. The van der Waals surface area contributed by atoms with Gasteiger partial charge in [0.15, 0.2) is 0 Å². The summed E-state index contributed by atoms with van der Waals surface area (Å²) in [5.74, 6) is 0.161. The largest absolute Gasteiger partial charge is 0.335 e. The standard InChI is InChI=1S/C20H22FN5O/c21-16-6-4-15(5-7-16)8-12-25(13-17-3-1-9-22-17)19(27)18-14-26-11-2-10-23-20(26)24-18/h2,4-7,10-11,14,17,22H,1,3,8-9,12-13H2/t17-/m0/s1. The number of rotatable bonds is 6. The van der Waals surface area contributed by atoms with Crippen molar-refractivity contribution in [2.24, 2.45) is 0 Å². The second-order valence-electron chi connectivity index (χ2n) is 6.87. The van der Waals surface area contributed by atoms with Crippen LogP contribution in [-0.4, -0.2) is 50.9 Å². The highest BCUT2D eigenvalue weighted by Gasteiger charge is 2.24. The molecule has 0 radical (unpaired) electrons. The number of benzene rings is 1. The summed E-state index contributed by atoms with van der Waals surface area (Å²) >= 11 is 0. The van der Waals surface area contributed by atoms with E-state index >= 15 is 0 Å². The van der Waals surface area contributed by atoms with Gasteiger partial charge in [0.2, 0.25) is 5.78 Å². The molecular weight excluding hydrogens is 345 g/mol. The number of fused-ring (bicyclic) bond motifs is 1. The Morgan fingerprint density at radius 2 is 2.19 bits per heavy atom. The minimum absolute atomic E-state index is 0.101. The molecule has 0 unspecified atom stereocenters. The van der Waals surface area contributed by atoms with Crippen molar-refractivity contribution in [2.75, 3.05) is 19.6 Å². The Balaban J connectivity index is 1.52. The summed E-state index contributed by atoms with van der Waals surface area (Å²) in [6, 6.07) is 8.54. The minimum atomic E-state index is -0.251. The molecule has 3 aromatic rings. The second-order valence-corrected chi connectivity index (χ2v) is 6.87. The zero-order chi connectivity index (χ0) is 18.6. The topological polar surface area (TPSA) is 62.5 Å². The molecule has 1 fully saturated rings. The van der Waals surface area contributed by atoms with E-state index in [9.17, 15) is 9.18 Å². The van der Waals surface area contributed by atoms with Crippen LogP contribution >= 0.6 is 0 Å². The fourth-order valence-electron chi connectivity index (χ4n) is 3.46. The van der Waals surface area contributed by atoms with E-state index in [-0.39, 0.29) is 11.7 Å². The Hall–Kier alpha value is -2.80. The highest BCUT2D eigenvalue weighted by molar-refractivity contribution is 5.92. The van der Waals surface area contributed by atoms with Crippen molar-refractivity contribution in [1.82, 2.24) is 24.6 Å². The molecule has 4 rings (SSSR count). The molecule has 1 amide bonds. The van der Waals surface area contributed by atoms with Gasteiger partial charge in [-0.2, -0.15) is 0 Å². The number of hydrogen-bond acceptors (Lipinski definition) is 4. The predicted octanol–water partition coefficient (Wildman–Crippen LogP) is 2.31. The van der Waals surface area contributed by atoms with Crippen molar-refractivity contribution in [1.29, 1.82) is 0 Å². The van der Waals surface area contributed by atoms with E-state index in [0.29, 0.717) is 37.0 Å². The molecule has 0 bridgehead atoms. The van der Waals surface area contributed by atoms with Crippen LogP contribution in [0.3, 0.4) is 0 Å². The maximum absolute atomic E-state index is 13.1. The predicted molar refractivity (Wildman–Crippen MR) is 100 cm³/mol. The van der Waals surface area contributed by atoms with Gasteiger partial charge >= 0.3 is 0 Å². The first-order valence-electron chi connectivity index (χ1n) is 9.26. The lowest BCUT2D eigenvalue weighted by molar-refractivity contribution is 0.0738. The first kappa shape index (κ1) is 17.6. The Morgan fingerprint density at radius 1 is 1.33 bits per heavy atom. The van der Waals surface area contributed by atoms with Gasteiger partial charge in [0.1, 0.15) is 11.5 Å². The molecule has 6 nitrogen and oxygen atoms in total. The Kier molecular flexibility index (Phi) is 5.11. The van der Waals surface area contributed by atoms with Gasteiger partial charge in [0.05, 0.1) is 0 Å². The lowest BCUT2D eigenvalue weighted by Gasteiger charge is -2.25. The van der Waals surface area contributed by atoms with Crippen LogP contribution < -0.4 is 5.32 Å². The van der Waals surface area contributed by atoms with E-state index in [1.807, 2.05) is 11.1 Å². The van der Waals surface area contributed by atoms with Crippen LogP contribution in [0.1, 0.15) is 28.9 Å². The molecule has 1 N–H and O–H groups in total. The summed E-state index contributed by atoms with van der Waals surface area (Å²) in [5.41, 5.74) is 1.40. The first-order chi connectivity index (χ1) is 13.2. The Bertz CT molecular complexity index is 885. The van der Waals surface area contributed by atoms with E-state index in [1.54, 1.807) is 35.0 Å². The van der Waals surface area contributed by atoms with Crippen molar-refractivity contribution in [3.05, 3.63) is 66.0 Å². The van der Waals surface area contributed by atoms with E-state index in [2.05, 4.69) is 15.3 Å². The van der Waals surface area contributed by atoms with Crippen molar-refractivity contribution < 1.29 is 9.18 Å². The molecule has 1 atom stereocenters. The maximum Gasteiger partial charge on any atom is 0.274 e. The summed E-state index contributed by atoms with van der Waals surface area (Å²) in [6.45, 7) is 2.19. The molecule has 0 aliphatic carbocycles. The van der Waals surface area contributed by atoms with Gasteiger partial charge in [-0.1, -0.05) is 12.1 Å². The number of nitrogens with one attached hydrogen (secondary N) is 1. The van der Waals surface area contributed by atoms with E-state index < -0.39 is 0 Å². The SMILES string of the molecule is O=C(c1cn2cccnc2n1)N(CCc1ccc(F)cc1)C[C@@H]1CCCN1. The molecule has 2 aromatic heterocycles. The first-order valence-corrected chi connectivity index (χ1v) is 9.26. The molecule has 1 aromatic carbocycles. The number of imidazole rings is 1. The van der Waals surface area contributed by atoms with Crippen LogP contribution in [-0.2, 0) is 6.42 Å². The third-order valence-corrected chi connectivity index (χ3v) is 4.93. The van der Waals surface area contributed by atoms with Crippen LogP contribution in [0.4, 0.5) is 4.39 Å². The third-order valence-electron chi connectivity index (χ3n) is 4.93. The van der Waals surface area contributed by atoms with Crippen molar-refractivity contribution in [3.63, 3.8) is 0 Å². The van der Waals surface area contributed by atoms with Gasteiger partial charge in [-0.3, -0.25) is 9.20 Å². The minimum Gasteiger partial charge on any atom is -0.335 e. The van der Waals surface area contributed by atoms with Crippen LogP contribution in [0.5, 0.6) is 0 Å². The number of carbonyl (C=O) groups is 1. The smallest absolute Gasteiger partial charge is 0.274 e. The maximum atomic E-state index is 13.1. The van der Waals surface area contributed by atoms with Crippen LogP contribution in [0.25, 0.3) is 5.78 Å². The summed E-state index contributed by atoms with van der Waals surface area (Å²) < 4.78 is 14.9. The molecule has 0 saturated carbocycles. The fourth-order valence-corrected chi connectivity index (χ4v) is 3.46. The Labute approximate surface area is 157 Å².